The molecule has 0 aliphatic rings. The maximum atomic E-state index is 11.9. The standard InChI is InChI=1S/C19H21N3O2/c1-3-15-5-7-17(8-6-15)24-13-19(23)20-10-16-12-22-11-14(2)4-9-18(22)21-16/h4-9,11-12H,3,10,13H2,1-2H3,(H,20,23). The molecule has 3 rings (SSSR count). The zero-order valence-electron chi connectivity index (χ0n) is 14.0. The number of rotatable bonds is 6. The van der Waals surface area contributed by atoms with Gasteiger partial charge in [-0.1, -0.05) is 25.1 Å². The van der Waals surface area contributed by atoms with Crippen LogP contribution in [0, 0.1) is 6.92 Å². The lowest BCUT2D eigenvalue weighted by atomic mass is 10.2. The van der Waals surface area contributed by atoms with Crippen molar-refractivity contribution in [2.45, 2.75) is 26.8 Å². The van der Waals surface area contributed by atoms with E-state index in [4.69, 9.17) is 4.74 Å². The molecule has 3 aromatic rings. The highest BCUT2D eigenvalue weighted by atomic mass is 16.5. The molecule has 2 heterocycles. The first kappa shape index (κ1) is 16.1. The smallest absolute Gasteiger partial charge is 0.258 e. The number of aromatic nitrogens is 2. The van der Waals surface area contributed by atoms with E-state index in [1.807, 2.05) is 60.1 Å². The van der Waals surface area contributed by atoms with Crippen molar-refractivity contribution in [2.75, 3.05) is 6.61 Å². The van der Waals surface area contributed by atoms with Gasteiger partial charge in [0.05, 0.1) is 12.2 Å². The minimum atomic E-state index is -0.164. The van der Waals surface area contributed by atoms with E-state index in [1.54, 1.807) is 0 Å². The molecule has 24 heavy (non-hydrogen) atoms. The number of imidazole rings is 1. The van der Waals surface area contributed by atoms with Crippen molar-refractivity contribution < 1.29 is 9.53 Å². The minimum Gasteiger partial charge on any atom is -0.484 e. The minimum absolute atomic E-state index is 0.00203. The molecule has 0 saturated heterocycles. The Labute approximate surface area is 141 Å². The fourth-order valence-electron chi connectivity index (χ4n) is 2.45. The molecule has 0 atom stereocenters. The Bertz CT molecular complexity index is 837. The Balaban J connectivity index is 1.50. The summed E-state index contributed by atoms with van der Waals surface area (Å²) in [6.07, 6.45) is 4.92. The monoisotopic (exact) mass is 323 g/mol. The average Bonchev–Trinajstić information content (AvgIpc) is 3.00. The van der Waals surface area contributed by atoms with Crippen LogP contribution in [0.15, 0.2) is 48.8 Å². The van der Waals surface area contributed by atoms with E-state index in [2.05, 4.69) is 17.2 Å². The van der Waals surface area contributed by atoms with Gasteiger partial charge < -0.3 is 14.5 Å². The van der Waals surface area contributed by atoms with Gasteiger partial charge in [0.1, 0.15) is 11.4 Å². The van der Waals surface area contributed by atoms with Gasteiger partial charge in [0.15, 0.2) is 6.61 Å². The van der Waals surface area contributed by atoms with E-state index in [0.29, 0.717) is 12.3 Å². The number of benzene rings is 1. The van der Waals surface area contributed by atoms with Crippen molar-refractivity contribution in [3.63, 3.8) is 0 Å². The van der Waals surface area contributed by atoms with Crippen LogP contribution in [-0.4, -0.2) is 21.9 Å². The van der Waals surface area contributed by atoms with Crippen molar-refractivity contribution in [2.24, 2.45) is 0 Å². The molecule has 2 aromatic heterocycles. The van der Waals surface area contributed by atoms with Gasteiger partial charge >= 0.3 is 0 Å². The fraction of sp³-hybridized carbons (Fsp3) is 0.263. The molecule has 0 aliphatic heterocycles. The van der Waals surface area contributed by atoms with Crippen LogP contribution in [0.25, 0.3) is 5.65 Å². The number of ether oxygens (including phenoxy) is 1. The zero-order valence-corrected chi connectivity index (χ0v) is 14.0. The Morgan fingerprint density at radius 1 is 1.17 bits per heavy atom. The van der Waals surface area contributed by atoms with Gasteiger partial charge in [0.2, 0.25) is 0 Å². The predicted octanol–water partition coefficient (Wildman–Crippen LogP) is 2.90. The van der Waals surface area contributed by atoms with Crippen molar-refractivity contribution in [3.05, 3.63) is 65.6 Å². The highest BCUT2D eigenvalue weighted by Gasteiger charge is 2.06. The van der Waals surface area contributed by atoms with E-state index < -0.39 is 0 Å². The van der Waals surface area contributed by atoms with E-state index >= 15 is 0 Å². The Morgan fingerprint density at radius 2 is 1.96 bits per heavy atom. The Hall–Kier alpha value is -2.82. The number of hydrogen-bond donors (Lipinski definition) is 1. The highest BCUT2D eigenvalue weighted by molar-refractivity contribution is 5.77. The largest absolute Gasteiger partial charge is 0.484 e. The summed E-state index contributed by atoms with van der Waals surface area (Å²) in [7, 11) is 0. The summed E-state index contributed by atoms with van der Waals surface area (Å²) in [4.78, 5) is 16.4. The van der Waals surface area contributed by atoms with Crippen LogP contribution in [0.5, 0.6) is 5.75 Å². The molecule has 1 aromatic carbocycles. The lowest BCUT2D eigenvalue weighted by Crippen LogP contribution is -2.28. The first-order valence-electron chi connectivity index (χ1n) is 8.06. The fourth-order valence-corrected chi connectivity index (χ4v) is 2.45. The Morgan fingerprint density at radius 3 is 2.71 bits per heavy atom. The van der Waals surface area contributed by atoms with Crippen LogP contribution in [0.4, 0.5) is 0 Å². The topological polar surface area (TPSA) is 55.6 Å². The summed E-state index contributed by atoms with van der Waals surface area (Å²) in [5.74, 6) is 0.536. The number of nitrogens with zero attached hydrogens (tertiary/aromatic N) is 2. The van der Waals surface area contributed by atoms with Crippen molar-refractivity contribution >= 4 is 11.6 Å². The first-order valence-corrected chi connectivity index (χ1v) is 8.06. The molecule has 1 N–H and O–H groups in total. The summed E-state index contributed by atoms with van der Waals surface area (Å²) in [5, 5.41) is 2.83. The number of carbonyl (C=O) groups is 1. The normalized spacial score (nSPS) is 10.8. The number of carbonyl (C=O) groups excluding carboxylic acids is 1. The van der Waals surface area contributed by atoms with Crippen LogP contribution < -0.4 is 10.1 Å². The summed E-state index contributed by atoms with van der Waals surface area (Å²) in [6.45, 7) is 4.52. The molecule has 0 radical (unpaired) electrons. The maximum Gasteiger partial charge on any atom is 0.258 e. The lowest BCUT2D eigenvalue weighted by molar-refractivity contribution is -0.123. The predicted molar refractivity (Wildman–Crippen MR) is 93.1 cm³/mol. The third-order valence-corrected chi connectivity index (χ3v) is 3.82. The number of aryl methyl sites for hydroxylation is 2. The summed E-state index contributed by atoms with van der Waals surface area (Å²) in [5.41, 5.74) is 4.10. The first-order chi connectivity index (χ1) is 11.6. The molecule has 1 amide bonds. The molecule has 124 valence electrons. The van der Waals surface area contributed by atoms with Crippen molar-refractivity contribution in [1.29, 1.82) is 0 Å². The number of fused-ring (bicyclic) bond motifs is 1. The van der Waals surface area contributed by atoms with Gasteiger partial charge in [0, 0.05) is 12.4 Å². The van der Waals surface area contributed by atoms with Gasteiger partial charge in [-0.3, -0.25) is 4.79 Å². The second-order valence-electron chi connectivity index (χ2n) is 5.77. The molecular weight excluding hydrogens is 302 g/mol. The molecule has 0 unspecified atom stereocenters. The number of pyridine rings is 1. The molecule has 5 nitrogen and oxygen atoms in total. The second-order valence-corrected chi connectivity index (χ2v) is 5.77. The van der Waals surface area contributed by atoms with Crippen LogP contribution in [0.2, 0.25) is 0 Å². The van der Waals surface area contributed by atoms with Gasteiger partial charge in [-0.25, -0.2) is 4.98 Å². The summed E-state index contributed by atoms with van der Waals surface area (Å²) < 4.78 is 7.45. The summed E-state index contributed by atoms with van der Waals surface area (Å²) >= 11 is 0. The van der Waals surface area contributed by atoms with E-state index in [9.17, 15) is 4.79 Å². The lowest BCUT2D eigenvalue weighted by Gasteiger charge is -2.07. The molecular formula is C19H21N3O2. The SMILES string of the molecule is CCc1ccc(OCC(=O)NCc2cn3cc(C)ccc3n2)cc1. The highest BCUT2D eigenvalue weighted by Crippen LogP contribution is 2.12. The second kappa shape index (κ2) is 7.17. The number of hydrogen-bond acceptors (Lipinski definition) is 3. The van der Waals surface area contributed by atoms with Crippen LogP contribution in [-0.2, 0) is 17.8 Å². The van der Waals surface area contributed by atoms with E-state index in [-0.39, 0.29) is 12.5 Å². The van der Waals surface area contributed by atoms with E-state index in [0.717, 1.165) is 23.3 Å². The maximum absolute atomic E-state index is 11.9. The Kier molecular flexibility index (Phi) is 4.79. The zero-order chi connectivity index (χ0) is 16.9. The third kappa shape index (κ3) is 3.93. The van der Waals surface area contributed by atoms with Crippen LogP contribution in [0.3, 0.4) is 0 Å². The molecule has 0 fully saturated rings. The average molecular weight is 323 g/mol. The van der Waals surface area contributed by atoms with Gasteiger partial charge in [-0.2, -0.15) is 0 Å². The van der Waals surface area contributed by atoms with Crippen LogP contribution >= 0.6 is 0 Å². The molecule has 0 saturated carbocycles. The van der Waals surface area contributed by atoms with Gasteiger partial charge in [0.25, 0.3) is 5.91 Å². The van der Waals surface area contributed by atoms with Gasteiger partial charge in [-0.15, -0.1) is 0 Å². The quantitative estimate of drug-likeness (QED) is 0.759. The van der Waals surface area contributed by atoms with Crippen molar-refractivity contribution in [1.82, 2.24) is 14.7 Å². The van der Waals surface area contributed by atoms with Crippen molar-refractivity contribution in [3.8, 4) is 5.75 Å². The molecule has 5 heteroatoms. The molecule has 0 spiro atoms. The van der Waals surface area contributed by atoms with Gasteiger partial charge in [-0.05, 0) is 42.7 Å². The van der Waals surface area contributed by atoms with Crippen LogP contribution in [0.1, 0.15) is 23.7 Å². The number of nitrogens with one attached hydrogen (secondary N) is 1. The molecule has 0 bridgehead atoms. The molecule has 0 aliphatic carbocycles. The van der Waals surface area contributed by atoms with E-state index in [1.165, 1.54) is 5.56 Å². The third-order valence-electron chi connectivity index (χ3n) is 3.82. The number of amides is 1. The summed E-state index contributed by atoms with van der Waals surface area (Å²) in [6, 6.07) is 11.8.